The Bertz CT molecular complexity index is 885. The third-order valence-electron chi connectivity index (χ3n) is 4.08. The quantitative estimate of drug-likeness (QED) is 0.289. The molecule has 1 aromatic carbocycles. The highest BCUT2D eigenvalue weighted by Crippen LogP contribution is 2.31. The SMILES string of the molecule is O=C(NC(=S)Nc1ccc(I)cn1)c1ccc(N2CCCC2)c([N+](=O)[O-])c1. The maximum absolute atomic E-state index is 12.4. The van der Waals surface area contributed by atoms with E-state index in [-0.39, 0.29) is 16.4 Å². The zero-order chi connectivity index (χ0) is 19.4. The number of hydrogen-bond acceptors (Lipinski definition) is 6. The number of hydrogen-bond donors (Lipinski definition) is 2. The molecule has 0 atom stereocenters. The molecule has 1 amide bonds. The molecule has 1 aromatic heterocycles. The Labute approximate surface area is 174 Å². The molecule has 140 valence electrons. The maximum Gasteiger partial charge on any atom is 0.293 e. The fourth-order valence-corrected chi connectivity index (χ4v) is 3.33. The third-order valence-corrected chi connectivity index (χ3v) is 4.92. The standard InChI is InChI=1S/C17H16IN5O3S/c18-12-4-6-15(19-10-12)20-17(27)21-16(24)11-3-5-13(14(9-11)23(25)26)22-7-1-2-8-22/h3-6,9-10H,1-2,7-8H2,(H2,19,20,21,24,27). The number of nitro groups is 1. The molecule has 2 N–H and O–H groups in total. The molecule has 2 aromatic rings. The summed E-state index contributed by atoms with van der Waals surface area (Å²) in [6.07, 6.45) is 3.67. The minimum atomic E-state index is -0.519. The smallest absolute Gasteiger partial charge is 0.293 e. The predicted octanol–water partition coefficient (Wildman–Crippen LogP) is 3.32. The van der Waals surface area contributed by atoms with E-state index in [0.717, 1.165) is 29.5 Å². The second-order valence-electron chi connectivity index (χ2n) is 5.92. The number of anilines is 2. The fraction of sp³-hybridized carbons (Fsp3) is 0.235. The maximum atomic E-state index is 12.4. The van der Waals surface area contributed by atoms with E-state index >= 15 is 0 Å². The molecule has 2 heterocycles. The molecule has 0 radical (unpaired) electrons. The second kappa shape index (κ2) is 8.57. The Morgan fingerprint density at radius 2 is 2.00 bits per heavy atom. The van der Waals surface area contributed by atoms with Gasteiger partial charge in [-0.3, -0.25) is 20.2 Å². The monoisotopic (exact) mass is 497 g/mol. The van der Waals surface area contributed by atoms with E-state index in [1.807, 2.05) is 11.0 Å². The summed E-state index contributed by atoms with van der Waals surface area (Å²) in [4.78, 5) is 29.5. The average Bonchev–Trinajstić information content (AvgIpc) is 3.17. The highest BCUT2D eigenvalue weighted by Gasteiger charge is 2.24. The summed E-state index contributed by atoms with van der Waals surface area (Å²) in [6, 6.07) is 8.06. The number of nitro benzene ring substituents is 1. The third kappa shape index (κ3) is 4.89. The van der Waals surface area contributed by atoms with Crippen LogP contribution in [0.25, 0.3) is 0 Å². The molecule has 0 spiro atoms. The molecule has 8 nitrogen and oxygen atoms in total. The van der Waals surface area contributed by atoms with Gasteiger partial charge < -0.3 is 10.2 Å². The zero-order valence-corrected chi connectivity index (χ0v) is 17.1. The highest BCUT2D eigenvalue weighted by molar-refractivity contribution is 14.1. The van der Waals surface area contributed by atoms with Gasteiger partial charge in [0.15, 0.2) is 5.11 Å². The van der Waals surface area contributed by atoms with E-state index in [4.69, 9.17) is 12.2 Å². The summed E-state index contributed by atoms with van der Waals surface area (Å²) < 4.78 is 0.971. The Morgan fingerprint density at radius 1 is 1.26 bits per heavy atom. The van der Waals surface area contributed by atoms with Gasteiger partial charge in [0.05, 0.1) is 4.92 Å². The zero-order valence-electron chi connectivity index (χ0n) is 14.1. The average molecular weight is 497 g/mol. The number of aromatic nitrogens is 1. The first kappa shape index (κ1) is 19.4. The van der Waals surface area contributed by atoms with Crippen LogP contribution in [0, 0.1) is 13.7 Å². The van der Waals surface area contributed by atoms with Gasteiger partial charge in [-0.15, -0.1) is 0 Å². The molecule has 0 saturated carbocycles. The van der Waals surface area contributed by atoms with Crippen LogP contribution in [0.4, 0.5) is 17.2 Å². The van der Waals surface area contributed by atoms with Crippen molar-refractivity contribution < 1.29 is 9.72 Å². The summed E-state index contributed by atoms with van der Waals surface area (Å²) in [6.45, 7) is 1.56. The number of amides is 1. The van der Waals surface area contributed by atoms with Gasteiger partial charge in [-0.2, -0.15) is 0 Å². The minimum absolute atomic E-state index is 0.0694. The second-order valence-corrected chi connectivity index (χ2v) is 7.58. The van der Waals surface area contributed by atoms with Gasteiger partial charge in [0.1, 0.15) is 11.5 Å². The summed E-state index contributed by atoms with van der Waals surface area (Å²) >= 11 is 7.25. The molecule has 0 unspecified atom stereocenters. The largest absolute Gasteiger partial charge is 0.366 e. The molecular formula is C17H16IN5O3S. The van der Waals surface area contributed by atoms with Crippen molar-refractivity contribution in [3.63, 3.8) is 0 Å². The van der Waals surface area contributed by atoms with Crippen molar-refractivity contribution in [2.24, 2.45) is 0 Å². The van der Waals surface area contributed by atoms with Crippen LogP contribution in [-0.4, -0.2) is 34.0 Å². The van der Waals surface area contributed by atoms with Gasteiger partial charge in [0.2, 0.25) is 0 Å². The van der Waals surface area contributed by atoms with Crippen molar-refractivity contribution in [3.05, 3.63) is 55.8 Å². The molecule has 1 aliphatic heterocycles. The molecule has 1 fully saturated rings. The molecule has 0 bridgehead atoms. The molecule has 3 rings (SSSR count). The molecule has 1 saturated heterocycles. The van der Waals surface area contributed by atoms with Crippen LogP contribution in [0.2, 0.25) is 0 Å². The van der Waals surface area contributed by atoms with E-state index < -0.39 is 10.8 Å². The fourth-order valence-electron chi connectivity index (χ4n) is 2.81. The lowest BCUT2D eigenvalue weighted by Crippen LogP contribution is -2.34. The Kier molecular flexibility index (Phi) is 6.16. The van der Waals surface area contributed by atoms with Crippen LogP contribution in [0.5, 0.6) is 0 Å². The van der Waals surface area contributed by atoms with E-state index in [1.54, 1.807) is 24.4 Å². The molecule has 27 heavy (non-hydrogen) atoms. The number of pyridine rings is 1. The van der Waals surface area contributed by atoms with Crippen LogP contribution in [-0.2, 0) is 0 Å². The molecule has 10 heteroatoms. The van der Waals surface area contributed by atoms with Gasteiger partial charge in [0, 0.05) is 34.5 Å². The lowest BCUT2D eigenvalue weighted by molar-refractivity contribution is -0.384. The number of nitrogens with one attached hydrogen (secondary N) is 2. The first-order chi connectivity index (χ1) is 12.9. The first-order valence-corrected chi connectivity index (χ1v) is 9.70. The van der Waals surface area contributed by atoms with Crippen molar-refractivity contribution in [1.29, 1.82) is 0 Å². The number of benzene rings is 1. The Balaban J connectivity index is 1.72. The minimum Gasteiger partial charge on any atom is -0.366 e. The van der Waals surface area contributed by atoms with Crippen LogP contribution in [0.1, 0.15) is 23.2 Å². The lowest BCUT2D eigenvalue weighted by Gasteiger charge is -2.18. The highest BCUT2D eigenvalue weighted by atomic mass is 127. The summed E-state index contributed by atoms with van der Waals surface area (Å²) in [7, 11) is 0. The van der Waals surface area contributed by atoms with Crippen LogP contribution in [0.3, 0.4) is 0 Å². The van der Waals surface area contributed by atoms with Crippen LogP contribution in [0.15, 0.2) is 36.5 Å². The number of halogens is 1. The Hall–Kier alpha value is -2.34. The summed E-state index contributed by atoms with van der Waals surface area (Å²) in [5.74, 6) is -0.0230. The molecular weight excluding hydrogens is 481 g/mol. The van der Waals surface area contributed by atoms with E-state index in [1.165, 1.54) is 6.07 Å². The summed E-state index contributed by atoms with van der Waals surface area (Å²) in [5, 5.41) is 16.8. The topological polar surface area (TPSA) is 100 Å². The Morgan fingerprint density at radius 3 is 2.63 bits per heavy atom. The van der Waals surface area contributed by atoms with Gasteiger partial charge in [0.25, 0.3) is 11.6 Å². The van der Waals surface area contributed by atoms with E-state index in [2.05, 4.69) is 38.2 Å². The summed E-state index contributed by atoms with van der Waals surface area (Å²) in [5.41, 5.74) is 0.630. The predicted molar refractivity (Wildman–Crippen MR) is 115 cm³/mol. The number of rotatable bonds is 4. The van der Waals surface area contributed by atoms with Gasteiger partial charge in [-0.25, -0.2) is 4.98 Å². The normalized spacial score (nSPS) is 13.3. The number of thiocarbonyl (C=S) groups is 1. The van der Waals surface area contributed by atoms with Crippen LogP contribution < -0.4 is 15.5 Å². The lowest BCUT2D eigenvalue weighted by atomic mass is 10.1. The van der Waals surface area contributed by atoms with Crippen molar-refractivity contribution >= 4 is 63.0 Å². The van der Waals surface area contributed by atoms with E-state index in [0.29, 0.717) is 11.5 Å². The van der Waals surface area contributed by atoms with Crippen molar-refractivity contribution in [2.45, 2.75) is 12.8 Å². The van der Waals surface area contributed by atoms with E-state index in [9.17, 15) is 14.9 Å². The van der Waals surface area contributed by atoms with Crippen LogP contribution >= 0.6 is 34.8 Å². The van der Waals surface area contributed by atoms with Crippen molar-refractivity contribution in [3.8, 4) is 0 Å². The van der Waals surface area contributed by atoms with Gasteiger partial charge in [-0.1, -0.05) is 0 Å². The number of carbonyl (C=O) groups is 1. The molecule has 0 aliphatic carbocycles. The molecule has 1 aliphatic rings. The van der Waals surface area contributed by atoms with Crippen molar-refractivity contribution in [2.75, 3.05) is 23.3 Å². The number of nitrogens with zero attached hydrogens (tertiary/aromatic N) is 3. The number of carbonyl (C=O) groups excluding carboxylic acids is 1. The van der Waals surface area contributed by atoms with Gasteiger partial charge >= 0.3 is 0 Å². The van der Waals surface area contributed by atoms with Crippen molar-refractivity contribution in [1.82, 2.24) is 10.3 Å². The van der Waals surface area contributed by atoms with Gasteiger partial charge in [-0.05, 0) is 71.9 Å². The first-order valence-electron chi connectivity index (χ1n) is 8.21.